The van der Waals surface area contributed by atoms with Crippen LogP contribution in [0, 0.1) is 5.92 Å². The summed E-state index contributed by atoms with van der Waals surface area (Å²) in [5, 5.41) is 0. The zero-order valence-electron chi connectivity index (χ0n) is 15.8. The third-order valence-electron chi connectivity index (χ3n) is 5.61. The van der Waals surface area contributed by atoms with Gasteiger partial charge in [-0.05, 0) is 12.0 Å². The molecular formula is C23H18F4O3. The molecule has 4 rings (SSSR count). The van der Waals surface area contributed by atoms with Crippen molar-refractivity contribution in [3.05, 3.63) is 83.1 Å². The van der Waals surface area contributed by atoms with Crippen LogP contribution in [0.25, 0.3) is 0 Å². The summed E-state index contributed by atoms with van der Waals surface area (Å²) in [4.78, 5) is 26.0. The zero-order chi connectivity index (χ0) is 21.5. The van der Waals surface area contributed by atoms with Crippen molar-refractivity contribution < 1.29 is 31.9 Å². The Morgan fingerprint density at radius 2 is 1.57 bits per heavy atom. The predicted octanol–water partition coefficient (Wildman–Crippen LogP) is 5.53. The number of Topliss-reactive ketones (excluding diaryl/α,β-unsaturated/α-hetero) is 2. The van der Waals surface area contributed by atoms with Crippen molar-refractivity contribution in [3.8, 4) is 0 Å². The van der Waals surface area contributed by atoms with E-state index in [-0.39, 0.29) is 41.7 Å². The molecule has 0 saturated heterocycles. The second-order valence-corrected chi connectivity index (χ2v) is 7.45. The topological polar surface area (TPSA) is 43.4 Å². The average molecular weight is 418 g/mol. The lowest BCUT2D eigenvalue weighted by Gasteiger charge is -2.45. The number of allylic oxidation sites excluding steroid dienone is 2. The molecule has 0 bridgehead atoms. The second kappa shape index (κ2) is 7.38. The van der Waals surface area contributed by atoms with Crippen LogP contribution >= 0.6 is 0 Å². The minimum atomic E-state index is -5.48. The lowest BCUT2D eigenvalue weighted by molar-refractivity contribution is -0.341. The summed E-state index contributed by atoms with van der Waals surface area (Å²) in [6.07, 6.45) is -5.08. The lowest BCUT2D eigenvalue weighted by Crippen LogP contribution is -2.57. The molecule has 0 saturated carbocycles. The number of carbonyl (C=O) groups excluding carboxylic acids is 2. The van der Waals surface area contributed by atoms with Crippen LogP contribution in [-0.2, 0) is 9.53 Å². The van der Waals surface area contributed by atoms with Crippen molar-refractivity contribution in [3.63, 3.8) is 0 Å². The summed E-state index contributed by atoms with van der Waals surface area (Å²) in [5.41, 5.74) is 0.161. The zero-order valence-corrected chi connectivity index (χ0v) is 15.8. The molecule has 156 valence electrons. The number of ketones is 2. The molecule has 1 aliphatic carbocycles. The number of benzene rings is 2. The fourth-order valence-corrected chi connectivity index (χ4v) is 4.27. The molecular weight excluding hydrogens is 400 g/mol. The molecule has 2 aliphatic rings. The standard InChI is InChI=1S/C23H18F4O3/c24-22(23(25,26)27)20(21(29)15-10-5-2-6-11-15)18(14-8-3-1-4-9-14)19-16(28)12-7-13-17(19)30-22/h1-6,8-11,18,20H,7,12-13H2. The van der Waals surface area contributed by atoms with E-state index in [0.717, 1.165) is 0 Å². The van der Waals surface area contributed by atoms with E-state index in [2.05, 4.69) is 0 Å². The van der Waals surface area contributed by atoms with Crippen LogP contribution in [0.1, 0.15) is 41.1 Å². The van der Waals surface area contributed by atoms with Crippen molar-refractivity contribution in [2.24, 2.45) is 5.92 Å². The maximum Gasteiger partial charge on any atom is 0.461 e. The second-order valence-electron chi connectivity index (χ2n) is 7.45. The van der Waals surface area contributed by atoms with Gasteiger partial charge in [0.05, 0.1) is 0 Å². The Kier molecular flexibility index (Phi) is 5.00. The lowest BCUT2D eigenvalue weighted by atomic mass is 9.68. The first kappa shape index (κ1) is 20.3. The first-order valence-corrected chi connectivity index (χ1v) is 9.59. The molecule has 0 radical (unpaired) electrons. The van der Waals surface area contributed by atoms with E-state index in [1.807, 2.05) is 0 Å². The van der Waals surface area contributed by atoms with Crippen molar-refractivity contribution in [2.45, 2.75) is 37.2 Å². The van der Waals surface area contributed by atoms with Gasteiger partial charge in [-0.1, -0.05) is 60.7 Å². The minimum Gasteiger partial charge on any atom is -0.454 e. The van der Waals surface area contributed by atoms with Gasteiger partial charge in [0.2, 0.25) is 0 Å². The van der Waals surface area contributed by atoms with Crippen LogP contribution in [0.4, 0.5) is 17.6 Å². The average Bonchev–Trinajstić information content (AvgIpc) is 2.73. The van der Waals surface area contributed by atoms with Gasteiger partial charge in [0.25, 0.3) is 0 Å². The van der Waals surface area contributed by atoms with Crippen LogP contribution < -0.4 is 0 Å². The Hall–Kier alpha value is -2.96. The first-order chi connectivity index (χ1) is 14.2. The van der Waals surface area contributed by atoms with Crippen LogP contribution in [-0.4, -0.2) is 23.6 Å². The van der Waals surface area contributed by atoms with Crippen LogP contribution in [0.2, 0.25) is 0 Å². The molecule has 0 aromatic heterocycles. The van der Waals surface area contributed by atoms with Crippen molar-refractivity contribution in [2.75, 3.05) is 0 Å². The van der Waals surface area contributed by atoms with E-state index in [1.165, 1.54) is 36.4 Å². The van der Waals surface area contributed by atoms with E-state index >= 15 is 4.39 Å². The van der Waals surface area contributed by atoms with Gasteiger partial charge < -0.3 is 4.74 Å². The molecule has 0 spiro atoms. The fourth-order valence-electron chi connectivity index (χ4n) is 4.27. The van der Waals surface area contributed by atoms with E-state index in [4.69, 9.17) is 4.74 Å². The number of carbonyl (C=O) groups is 2. The first-order valence-electron chi connectivity index (χ1n) is 9.59. The monoisotopic (exact) mass is 418 g/mol. The Morgan fingerprint density at radius 1 is 0.967 bits per heavy atom. The highest BCUT2D eigenvalue weighted by atomic mass is 19.4. The van der Waals surface area contributed by atoms with Gasteiger partial charge in [-0.25, -0.2) is 0 Å². The number of hydrogen-bond acceptors (Lipinski definition) is 3. The maximum atomic E-state index is 15.8. The number of halogens is 4. The normalized spacial score (nSPS) is 26.7. The predicted molar refractivity (Wildman–Crippen MR) is 100 cm³/mol. The minimum absolute atomic E-state index is 0.0123. The molecule has 3 unspecified atom stereocenters. The molecule has 30 heavy (non-hydrogen) atoms. The van der Waals surface area contributed by atoms with E-state index in [1.54, 1.807) is 24.3 Å². The van der Waals surface area contributed by atoms with Gasteiger partial charge in [-0.2, -0.15) is 17.6 Å². The summed E-state index contributed by atoms with van der Waals surface area (Å²) in [6, 6.07) is 15.0. The Bertz CT molecular complexity index is 998. The van der Waals surface area contributed by atoms with Gasteiger partial charge >= 0.3 is 12.0 Å². The van der Waals surface area contributed by atoms with Crippen LogP contribution in [0.3, 0.4) is 0 Å². The van der Waals surface area contributed by atoms with Crippen molar-refractivity contribution >= 4 is 11.6 Å². The van der Waals surface area contributed by atoms with Gasteiger partial charge in [0.15, 0.2) is 11.6 Å². The molecule has 0 N–H and O–H groups in total. The highest BCUT2D eigenvalue weighted by Gasteiger charge is 2.70. The molecule has 1 heterocycles. The summed E-state index contributed by atoms with van der Waals surface area (Å²) in [6.45, 7) is 0. The third-order valence-corrected chi connectivity index (χ3v) is 5.61. The molecule has 2 aromatic carbocycles. The summed E-state index contributed by atoms with van der Waals surface area (Å²) >= 11 is 0. The summed E-state index contributed by atoms with van der Waals surface area (Å²) in [7, 11) is 0. The van der Waals surface area contributed by atoms with E-state index < -0.39 is 35.4 Å². The smallest absolute Gasteiger partial charge is 0.454 e. The van der Waals surface area contributed by atoms with Crippen LogP contribution in [0.15, 0.2) is 72.0 Å². The number of ether oxygens (including phenoxy) is 1. The van der Waals surface area contributed by atoms with E-state index in [9.17, 15) is 22.8 Å². The Balaban J connectivity index is 1.98. The Morgan fingerprint density at radius 3 is 2.17 bits per heavy atom. The summed E-state index contributed by atoms with van der Waals surface area (Å²) < 4.78 is 62.8. The number of hydrogen-bond donors (Lipinski definition) is 0. The number of alkyl halides is 4. The van der Waals surface area contributed by atoms with Gasteiger partial charge in [0, 0.05) is 29.9 Å². The van der Waals surface area contributed by atoms with E-state index in [0.29, 0.717) is 0 Å². The third kappa shape index (κ3) is 3.22. The molecule has 0 fully saturated rings. The van der Waals surface area contributed by atoms with Gasteiger partial charge in [-0.15, -0.1) is 0 Å². The molecule has 2 aromatic rings. The van der Waals surface area contributed by atoms with Crippen LogP contribution in [0.5, 0.6) is 0 Å². The molecule has 3 atom stereocenters. The molecule has 0 amide bonds. The quantitative estimate of drug-likeness (QED) is 0.486. The fraction of sp³-hybridized carbons (Fsp3) is 0.304. The van der Waals surface area contributed by atoms with Crippen molar-refractivity contribution in [1.82, 2.24) is 0 Å². The highest BCUT2D eigenvalue weighted by molar-refractivity contribution is 6.04. The van der Waals surface area contributed by atoms with Crippen molar-refractivity contribution in [1.29, 1.82) is 0 Å². The maximum absolute atomic E-state index is 15.8. The molecule has 1 aliphatic heterocycles. The number of rotatable bonds is 3. The largest absolute Gasteiger partial charge is 0.461 e. The summed E-state index contributed by atoms with van der Waals surface area (Å²) in [5.74, 6) is -9.73. The highest BCUT2D eigenvalue weighted by Crippen LogP contribution is 2.56. The molecule has 7 heteroatoms. The molecule has 3 nitrogen and oxygen atoms in total. The van der Waals surface area contributed by atoms with Gasteiger partial charge in [0.1, 0.15) is 11.7 Å². The Labute approximate surface area is 170 Å². The SMILES string of the molecule is O=C1CCCC2=C1C(c1ccccc1)C(C(=O)c1ccccc1)C(F)(C(F)(F)F)O2. The van der Waals surface area contributed by atoms with Gasteiger partial charge in [-0.3, -0.25) is 9.59 Å².